The van der Waals surface area contributed by atoms with Gasteiger partial charge in [-0.15, -0.1) is 0 Å². The van der Waals surface area contributed by atoms with Crippen LogP contribution < -0.4 is 10.5 Å². The second kappa shape index (κ2) is 7.21. The molecule has 2 N–H and O–H groups in total. The number of nitrogens with two attached hydrogens (primary N) is 1. The second-order valence-electron chi connectivity index (χ2n) is 5.96. The van der Waals surface area contributed by atoms with E-state index in [1.54, 1.807) is 23.2 Å². The van der Waals surface area contributed by atoms with E-state index >= 15 is 0 Å². The highest BCUT2D eigenvalue weighted by atomic mass is 32.2. The van der Waals surface area contributed by atoms with Gasteiger partial charge in [0.05, 0.1) is 5.56 Å². The van der Waals surface area contributed by atoms with E-state index in [0.717, 1.165) is 17.9 Å². The quantitative estimate of drug-likeness (QED) is 0.896. The van der Waals surface area contributed by atoms with Gasteiger partial charge in [-0.2, -0.15) is 11.8 Å². The summed E-state index contributed by atoms with van der Waals surface area (Å²) in [6, 6.07) is 3.51. The molecule has 3 rings (SSSR count). The molecule has 2 amide bonds. The third-order valence-corrected chi connectivity index (χ3v) is 5.48. The molecule has 1 atom stereocenters. The predicted molar refractivity (Wildman–Crippen MR) is 88.4 cm³/mol. The fraction of sp³-hybridized carbons (Fsp3) is 0.562. The summed E-state index contributed by atoms with van der Waals surface area (Å²) in [5, 5.41) is 0. The Hall–Kier alpha value is -1.76. The van der Waals surface area contributed by atoms with E-state index in [0.29, 0.717) is 37.4 Å². The third-order valence-electron chi connectivity index (χ3n) is 4.34. The molecule has 2 aliphatic rings. The van der Waals surface area contributed by atoms with Gasteiger partial charge in [0.1, 0.15) is 6.10 Å². The summed E-state index contributed by atoms with van der Waals surface area (Å²) in [6.45, 7) is 1.12. The number of likely N-dealkylation sites (tertiary alicyclic amines) is 1. The first-order valence-electron chi connectivity index (χ1n) is 7.92. The predicted octanol–water partition coefficient (Wildman–Crippen LogP) is 1.30. The lowest BCUT2D eigenvalue weighted by Crippen LogP contribution is -2.41. The van der Waals surface area contributed by atoms with Crippen molar-refractivity contribution in [2.45, 2.75) is 25.4 Å². The van der Waals surface area contributed by atoms with Crippen LogP contribution in [0.2, 0.25) is 0 Å². The summed E-state index contributed by atoms with van der Waals surface area (Å²) in [5.74, 6) is 2.26. The van der Waals surface area contributed by atoms with Crippen LogP contribution in [0.4, 0.5) is 0 Å². The number of piperidine rings is 1. The van der Waals surface area contributed by atoms with Crippen molar-refractivity contribution >= 4 is 23.6 Å². The van der Waals surface area contributed by atoms with Crippen molar-refractivity contribution in [1.29, 1.82) is 0 Å². The monoisotopic (exact) mass is 335 g/mol. The van der Waals surface area contributed by atoms with E-state index in [1.807, 2.05) is 11.8 Å². The molecule has 2 saturated heterocycles. The molecule has 1 aromatic rings. The second-order valence-corrected chi connectivity index (χ2v) is 7.11. The van der Waals surface area contributed by atoms with Crippen LogP contribution in [-0.4, -0.2) is 52.4 Å². The minimum absolute atomic E-state index is 0.0524. The molecule has 124 valence electrons. The Morgan fingerprint density at radius 3 is 2.61 bits per heavy atom. The number of hydrogen-bond acceptors (Lipinski definition) is 5. The molecule has 0 aliphatic carbocycles. The van der Waals surface area contributed by atoms with Gasteiger partial charge in [0.2, 0.25) is 11.8 Å². The number of thioether (sulfide) groups is 1. The third kappa shape index (κ3) is 3.96. The standard InChI is InChI=1S/C16H21N3O3S/c17-15(20)11-3-6-19(7-4-11)16(21)12-1-2-14(18-9-12)22-13-5-8-23-10-13/h1-2,9,11,13H,3-8,10H2,(H2,17,20). The number of carbonyl (C=O) groups is 2. The van der Waals surface area contributed by atoms with Crippen molar-refractivity contribution in [2.75, 3.05) is 24.6 Å². The summed E-state index contributed by atoms with van der Waals surface area (Å²) in [7, 11) is 0. The van der Waals surface area contributed by atoms with E-state index in [2.05, 4.69) is 4.98 Å². The SMILES string of the molecule is NC(=O)C1CCN(C(=O)c2ccc(OC3CCSC3)nc2)CC1. The number of nitrogens with zero attached hydrogens (tertiary/aromatic N) is 2. The highest BCUT2D eigenvalue weighted by Crippen LogP contribution is 2.23. The molecule has 1 unspecified atom stereocenters. The molecule has 23 heavy (non-hydrogen) atoms. The van der Waals surface area contributed by atoms with Crippen LogP contribution in [0.3, 0.4) is 0 Å². The van der Waals surface area contributed by atoms with Gasteiger partial charge >= 0.3 is 0 Å². The number of hydrogen-bond donors (Lipinski definition) is 1. The molecule has 0 aromatic carbocycles. The minimum atomic E-state index is -0.273. The van der Waals surface area contributed by atoms with Crippen molar-refractivity contribution in [3.63, 3.8) is 0 Å². The molecule has 0 saturated carbocycles. The van der Waals surface area contributed by atoms with Crippen LogP contribution >= 0.6 is 11.8 Å². The number of carbonyl (C=O) groups excluding carboxylic acids is 2. The Labute approximate surface area is 139 Å². The topological polar surface area (TPSA) is 85.5 Å². The van der Waals surface area contributed by atoms with Crippen LogP contribution in [0.5, 0.6) is 5.88 Å². The number of amides is 2. The Bertz CT molecular complexity index is 564. The number of primary amides is 1. The summed E-state index contributed by atoms with van der Waals surface area (Å²) in [5.41, 5.74) is 5.87. The largest absolute Gasteiger partial charge is 0.473 e. The smallest absolute Gasteiger partial charge is 0.255 e. The molecule has 2 fully saturated rings. The van der Waals surface area contributed by atoms with E-state index in [1.165, 1.54) is 0 Å². The lowest BCUT2D eigenvalue weighted by atomic mass is 9.96. The summed E-state index contributed by atoms with van der Waals surface area (Å²) < 4.78 is 5.79. The van der Waals surface area contributed by atoms with Crippen molar-refractivity contribution in [3.8, 4) is 5.88 Å². The molecular formula is C16H21N3O3S. The van der Waals surface area contributed by atoms with Gasteiger partial charge in [-0.25, -0.2) is 4.98 Å². The van der Waals surface area contributed by atoms with Crippen LogP contribution in [0.15, 0.2) is 18.3 Å². The van der Waals surface area contributed by atoms with Gasteiger partial charge in [-0.1, -0.05) is 0 Å². The van der Waals surface area contributed by atoms with Crippen LogP contribution in [0.25, 0.3) is 0 Å². The fourth-order valence-corrected chi connectivity index (χ4v) is 4.00. The molecule has 0 radical (unpaired) electrons. The first kappa shape index (κ1) is 16.1. The first-order valence-corrected chi connectivity index (χ1v) is 9.08. The van der Waals surface area contributed by atoms with Crippen LogP contribution in [0, 0.1) is 5.92 Å². The van der Waals surface area contributed by atoms with E-state index in [9.17, 15) is 9.59 Å². The normalized spacial score (nSPS) is 22.1. The highest BCUT2D eigenvalue weighted by molar-refractivity contribution is 7.99. The zero-order valence-corrected chi connectivity index (χ0v) is 13.8. The number of pyridine rings is 1. The summed E-state index contributed by atoms with van der Waals surface area (Å²) in [6.07, 6.45) is 4.10. The maximum Gasteiger partial charge on any atom is 0.255 e. The fourth-order valence-electron chi connectivity index (χ4n) is 2.90. The van der Waals surface area contributed by atoms with E-state index < -0.39 is 0 Å². The molecule has 0 bridgehead atoms. The van der Waals surface area contributed by atoms with Crippen molar-refractivity contribution in [2.24, 2.45) is 11.7 Å². The van der Waals surface area contributed by atoms with Gasteiger partial charge in [0.25, 0.3) is 5.91 Å². The lowest BCUT2D eigenvalue weighted by molar-refractivity contribution is -0.123. The van der Waals surface area contributed by atoms with Crippen molar-refractivity contribution < 1.29 is 14.3 Å². The average molecular weight is 335 g/mol. The molecular weight excluding hydrogens is 314 g/mol. The molecule has 7 heteroatoms. The lowest BCUT2D eigenvalue weighted by Gasteiger charge is -2.30. The van der Waals surface area contributed by atoms with Crippen LogP contribution in [0.1, 0.15) is 29.6 Å². The Kier molecular flexibility index (Phi) is 5.05. The molecule has 0 spiro atoms. The number of aromatic nitrogens is 1. The van der Waals surface area contributed by atoms with Gasteiger partial charge in [-0.3, -0.25) is 9.59 Å². The summed E-state index contributed by atoms with van der Waals surface area (Å²) in [4.78, 5) is 29.6. The molecule has 3 heterocycles. The van der Waals surface area contributed by atoms with E-state index in [-0.39, 0.29) is 23.8 Å². The zero-order chi connectivity index (χ0) is 16.2. The van der Waals surface area contributed by atoms with Crippen LogP contribution in [-0.2, 0) is 4.79 Å². The molecule has 1 aromatic heterocycles. The summed E-state index contributed by atoms with van der Waals surface area (Å²) >= 11 is 1.88. The maximum absolute atomic E-state index is 12.5. The van der Waals surface area contributed by atoms with Gasteiger partial charge in [0, 0.05) is 37.0 Å². The van der Waals surface area contributed by atoms with Gasteiger partial charge in [0.15, 0.2) is 0 Å². The van der Waals surface area contributed by atoms with Crippen molar-refractivity contribution in [1.82, 2.24) is 9.88 Å². The minimum Gasteiger partial charge on any atom is -0.473 e. The maximum atomic E-state index is 12.5. The number of rotatable bonds is 4. The molecule has 2 aliphatic heterocycles. The highest BCUT2D eigenvalue weighted by Gasteiger charge is 2.26. The van der Waals surface area contributed by atoms with E-state index in [4.69, 9.17) is 10.5 Å². The van der Waals surface area contributed by atoms with Gasteiger partial charge in [-0.05, 0) is 31.1 Å². The van der Waals surface area contributed by atoms with Gasteiger partial charge < -0.3 is 15.4 Å². The Balaban J connectivity index is 1.56. The van der Waals surface area contributed by atoms with Crippen molar-refractivity contribution in [3.05, 3.63) is 23.9 Å². The average Bonchev–Trinajstić information content (AvgIpc) is 3.08. The Morgan fingerprint density at radius 1 is 1.26 bits per heavy atom. The Morgan fingerprint density at radius 2 is 2.04 bits per heavy atom. The first-order chi connectivity index (χ1) is 11.1. The zero-order valence-electron chi connectivity index (χ0n) is 12.9. The molecule has 6 nitrogen and oxygen atoms in total. The number of ether oxygens (including phenoxy) is 1.